The Kier molecular flexibility index (Phi) is 2.79. The zero-order chi connectivity index (χ0) is 14.6. The van der Waals surface area contributed by atoms with E-state index in [1.165, 1.54) is 6.07 Å². The molecule has 1 aromatic heterocycles. The minimum absolute atomic E-state index is 0.232. The van der Waals surface area contributed by atoms with Gasteiger partial charge in [0.25, 0.3) is 0 Å². The van der Waals surface area contributed by atoms with E-state index in [4.69, 9.17) is 5.73 Å². The van der Waals surface area contributed by atoms with Crippen molar-refractivity contribution in [3.63, 3.8) is 0 Å². The lowest BCUT2D eigenvalue weighted by Crippen LogP contribution is -1.98. The highest BCUT2D eigenvalue weighted by atomic mass is 79.9. The fourth-order valence-electron chi connectivity index (χ4n) is 2.71. The third-order valence-corrected chi connectivity index (χ3v) is 4.20. The zero-order valence-corrected chi connectivity index (χ0v) is 12.8. The molecule has 1 fully saturated rings. The number of fused-ring (bicyclic) bond motifs is 1. The van der Waals surface area contributed by atoms with E-state index in [9.17, 15) is 4.39 Å². The number of nitrogens with two attached hydrogens (primary N) is 1. The maximum Gasteiger partial charge on any atom is 0.141 e. The van der Waals surface area contributed by atoms with Crippen LogP contribution in [-0.4, -0.2) is 9.55 Å². The van der Waals surface area contributed by atoms with Crippen molar-refractivity contribution in [1.82, 2.24) is 9.55 Å². The summed E-state index contributed by atoms with van der Waals surface area (Å²) >= 11 is 3.47. The van der Waals surface area contributed by atoms with Crippen LogP contribution in [0.2, 0.25) is 0 Å². The summed E-state index contributed by atoms with van der Waals surface area (Å²) in [6.45, 7) is 0. The number of nitrogens with zero attached hydrogens (tertiary/aromatic N) is 2. The summed E-state index contributed by atoms with van der Waals surface area (Å²) in [5.41, 5.74) is 9.23. The molecule has 106 valence electrons. The third kappa shape index (κ3) is 2.21. The minimum Gasteiger partial charge on any atom is -0.399 e. The van der Waals surface area contributed by atoms with Gasteiger partial charge in [0.05, 0.1) is 11.0 Å². The summed E-state index contributed by atoms with van der Waals surface area (Å²) in [4.78, 5) is 4.69. The smallest absolute Gasteiger partial charge is 0.141 e. The van der Waals surface area contributed by atoms with Gasteiger partial charge in [-0.15, -0.1) is 0 Å². The van der Waals surface area contributed by atoms with Crippen molar-refractivity contribution in [3.8, 4) is 11.4 Å². The Morgan fingerprint density at radius 3 is 2.71 bits per heavy atom. The van der Waals surface area contributed by atoms with Gasteiger partial charge in [-0.2, -0.15) is 0 Å². The van der Waals surface area contributed by atoms with Crippen molar-refractivity contribution >= 4 is 32.7 Å². The number of hydrogen-bond donors (Lipinski definition) is 1. The number of aromatic nitrogens is 2. The van der Waals surface area contributed by atoms with E-state index in [1.54, 1.807) is 12.1 Å². The van der Waals surface area contributed by atoms with Crippen LogP contribution in [-0.2, 0) is 0 Å². The van der Waals surface area contributed by atoms with E-state index in [0.717, 1.165) is 39.7 Å². The minimum atomic E-state index is -0.232. The topological polar surface area (TPSA) is 43.8 Å². The summed E-state index contributed by atoms with van der Waals surface area (Å²) < 4.78 is 16.6. The van der Waals surface area contributed by atoms with Gasteiger partial charge in [0.1, 0.15) is 11.6 Å². The zero-order valence-electron chi connectivity index (χ0n) is 11.2. The fraction of sp³-hybridized carbons (Fsp3) is 0.188. The number of nitrogen functional groups attached to an aromatic ring is 1. The van der Waals surface area contributed by atoms with E-state index < -0.39 is 0 Å². The molecule has 21 heavy (non-hydrogen) atoms. The van der Waals surface area contributed by atoms with Gasteiger partial charge < -0.3 is 10.3 Å². The van der Waals surface area contributed by atoms with Crippen LogP contribution in [0.4, 0.5) is 10.1 Å². The van der Waals surface area contributed by atoms with Crippen molar-refractivity contribution in [3.05, 3.63) is 46.7 Å². The molecule has 1 saturated carbocycles. The molecular weight excluding hydrogens is 333 g/mol. The van der Waals surface area contributed by atoms with Gasteiger partial charge in [0, 0.05) is 21.8 Å². The third-order valence-electron chi connectivity index (χ3n) is 3.74. The van der Waals surface area contributed by atoms with Gasteiger partial charge in [0.2, 0.25) is 0 Å². The van der Waals surface area contributed by atoms with Crippen LogP contribution in [0, 0.1) is 5.82 Å². The largest absolute Gasteiger partial charge is 0.399 e. The van der Waals surface area contributed by atoms with Gasteiger partial charge in [-0.25, -0.2) is 9.37 Å². The van der Waals surface area contributed by atoms with E-state index in [2.05, 4.69) is 25.5 Å². The standard InChI is InChI=1S/C16H13BrFN3/c17-10-5-9(6-12(19)7-10)16-20-14-4-1-11(18)8-15(14)21(16)13-2-3-13/h1,4-8,13H,2-3,19H2. The number of imidazole rings is 1. The summed E-state index contributed by atoms with van der Waals surface area (Å²) in [5.74, 6) is 0.621. The molecule has 0 bridgehead atoms. The van der Waals surface area contributed by atoms with E-state index in [1.807, 2.05) is 18.2 Å². The average Bonchev–Trinajstić information content (AvgIpc) is 3.18. The first-order valence-corrected chi connectivity index (χ1v) is 7.65. The molecule has 1 aliphatic carbocycles. The molecule has 0 radical (unpaired) electrons. The second-order valence-electron chi connectivity index (χ2n) is 5.44. The fourth-order valence-corrected chi connectivity index (χ4v) is 3.22. The number of rotatable bonds is 2. The molecular formula is C16H13BrFN3. The molecule has 0 aliphatic heterocycles. The lowest BCUT2D eigenvalue weighted by atomic mass is 10.2. The molecule has 0 unspecified atom stereocenters. The number of benzene rings is 2. The summed E-state index contributed by atoms with van der Waals surface area (Å²) in [6.07, 6.45) is 2.22. The normalized spacial score (nSPS) is 14.8. The maximum atomic E-state index is 13.6. The van der Waals surface area contributed by atoms with Gasteiger partial charge >= 0.3 is 0 Å². The van der Waals surface area contributed by atoms with Crippen LogP contribution in [0.25, 0.3) is 22.4 Å². The Labute approximate surface area is 129 Å². The van der Waals surface area contributed by atoms with Crippen molar-refractivity contribution in [2.75, 3.05) is 5.73 Å². The summed E-state index contributed by atoms with van der Waals surface area (Å²) in [6, 6.07) is 10.9. The molecule has 4 rings (SSSR count). The first-order valence-electron chi connectivity index (χ1n) is 6.86. The maximum absolute atomic E-state index is 13.6. The lowest BCUT2D eigenvalue weighted by molar-refractivity contribution is 0.628. The molecule has 1 heterocycles. The van der Waals surface area contributed by atoms with Gasteiger partial charge in [0.15, 0.2) is 0 Å². The Morgan fingerprint density at radius 2 is 2.00 bits per heavy atom. The van der Waals surface area contributed by atoms with Crippen LogP contribution in [0.3, 0.4) is 0 Å². The second-order valence-corrected chi connectivity index (χ2v) is 6.36. The van der Waals surface area contributed by atoms with Gasteiger partial charge in [-0.1, -0.05) is 15.9 Å². The summed E-state index contributed by atoms with van der Waals surface area (Å²) in [7, 11) is 0. The number of hydrogen-bond acceptors (Lipinski definition) is 2. The molecule has 0 saturated heterocycles. The molecule has 0 spiro atoms. The van der Waals surface area contributed by atoms with Crippen molar-refractivity contribution < 1.29 is 4.39 Å². The molecule has 2 N–H and O–H groups in total. The number of halogens is 2. The van der Waals surface area contributed by atoms with Gasteiger partial charge in [-0.05, 0) is 49.2 Å². The monoisotopic (exact) mass is 345 g/mol. The first-order chi connectivity index (χ1) is 10.1. The van der Waals surface area contributed by atoms with Crippen LogP contribution in [0.15, 0.2) is 40.9 Å². The lowest BCUT2D eigenvalue weighted by Gasteiger charge is -2.09. The van der Waals surface area contributed by atoms with Crippen LogP contribution in [0.1, 0.15) is 18.9 Å². The van der Waals surface area contributed by atoms with Crippen LogP contribution in [0.5, 0.6) is 0 Å². The van der Waals surface area contributed by atoms with E-state index in [0.29, 0.717) is 11.7 Å². The Morgan fingerprint density at radius 1 is 1.19 bits per heavy atom. The van der Waals surface area contributed by atoms with E-state index in [-0.39, 0.29) is 5.82 Å². The molecule has 0 atom stereocenters. The molecule has 3 nitrogen and oxygen atoms in total. The predicted octanol–water partition coefficient (Wildman–Crippen LogP) is 4.52. The highest BCUT2D eigenvalue weighted by Gasteiger charge is 2.29. The molecule has 0 amide bonds. The SMILES string of the molecule is Nc1cc(Br)cc(-c2nc3ccc(F)cc3n2C2CC2)c1. The summed E-state index contributed by atoms with van der Waals surface area (Å²) in [5, 5.41) is 0. The van der Waals surface area contributed by atoms with Crippen molar-refractivity contribution in [1.29, 1.82) is 0 Å². The van der Waals surface area contributed by atoms with Crippen LogP contribution >= 0.6 is 15.9 Å². The van der Waals surface area contributed by atoms with E-state index >= 15 is 0 Å². The molecule has 3 aromatic rings. The molecule has 2 aromatic carbocycles. The van der Waals surface area contributed by atoms with Crippen molar-refractivity contribution in [2.45, 2.75) is 18.9 Å². The van der Waals surface area contributed by atoms with Crippen LogP contribution < -0.4 is 5.73 Å². The second kappa shape index (κ2) is 4.56. The Balaban J connectivity index is 2.01. The highest BCUT2D eigenvalue weighted by Crippen LogP contribution is 2.41. The Bertz CT molecular complexity index is 832. The average molecular weight is 346 g/mol. The molecule has 1 aliphatic rings. The first kappa shape index (κ1) is 12.8. The highest BCUT2D eigenvalue weighted by molar-refractivity contribution is 9.10. The van der Waals surface area contributed by atoms with Gasteiger partial charge in [-0.3, -0.25) is 0 Å². The van der Waals surface area contributed by atoms with Crippen molar-refractivity contribution in [2.24, 2.45) is 0 Å². The molecule has 5 heteroatoms. The number of anilines is 1. The quantitative estimate of drug-likeness (QED) is 0.693. The Hall–Kier alpha value is -1.88. The predicted molar refractivity (Wildman–Crippen MR) is 85.5 cm³/mol.